The zero-order chi connectivity index (χ0) is 16.1. The van der Waals surface area contributed by atoms with E-state index in [-0.39, 0.29) is 12.4 Å². The van der Waals surface area contributed by atoms with E-state index in [1.165, 1.54) is 16.6 Å². The summed E-state index contributed by atoms with van der Waals surface area (Å²) < 4.78 is 13.8. The maximum atomic E-state index is 5.97. The Bertz CT molecular complexity index is 623. The van der Waals surface area contributed by atoms with Crippen molar-refractivity contribution in [1.82, 2.24) is 9.55 Å². The van der Waals surface area contributed by atoms with E-state index in [0.717, 1.165) is 31.0 Å². The Hall–Kier alpha value is -1.26. The van der Waals surface area contributed by atoms with E-state index >= 15 is 0 Å². The Labute approximate surface area is 145 Å². The van der Waals surface area contributed by atoms with Gasteiger partial charge in [-0.1, -0.05) is 13.8 Å². The smallest absolute Gasteiger partial charge is 0.238 e. The minimum absolute atomic E-state index is 0. The molecule has 0 spiro atoms. The topological polar surface area (TPSA) is 36.3 Å². The third-order valence-electron chi connectivity index (χ3n) is 4.11. The first-order chi connectivity index (χ1) is 10.6. The van der Waals surface area contributed by atoms with Gasteiger partial charge in [0, 0.05) is 30.4 Å². The van der Waals surface area contributed by atoms with Gasteiger partial charge in [0.05, 0.1) is 13.2 Å². The minimum atomic E-state index is 0. The molecule has 2 aromatic heterocycles. The van der Waals surface area contributed by atoms with Gasteiger partial charge in [-0.2, -0.15) is 0 Å². The van der Waals surface area contributed by atoms with Crippen molar-refractivity contribution >= 4 is 23.3 Å². The maximum absolute atomic E-state index is 5.97. The van der Waals surface area contributed by atoms with Gasteiger partial charge in [0.1, 0.15) is 5.52 Å². The second-order valence-corrected chi connectivity index (χ2v) is 6.10. The molecular weight excluding hydrogens is 312 g/mol. The highest BCUT2D eigenvalue weighted by molar-refractivity contribution is 5.88. The molecule has 0 radical (unpaired) electrons. The monoisotopic (exact) mass is 340 g/mol. The molecule has 0 amide bonds. The Morgan fingerprint density at radius 3 is 2.61 bits per heavy atom. The summed E-state index contributed by atoms with van der Waals surface area (Å²) in [5.41, 5.74) is 3.65. The van der Waals surface area contributed by atoms with E-state index < -0.39 is 0 Å². The molecular formula is C18H29ClN2O2. The highest BCUT2D eigenvalue weighted by Gasteiger charge is 2.16. The third-order valence-corrected chi connectivity index (χ3v) is 4.11. The van der Waals surface area contributed by atoms with Crippen LogP contribution in [0.25, 0.3) is 10.9 Å². The molecule has 0 atom stereocenters. The Kier molecular flexibility index (Phi) is 7.86. The highest BCUT2D eigenvalue weighted by atomic mass is 35.5. The lowest BCUT2D eigenvalue weighted by atomic mass is 10.1. The van der Waals surface area contributed by atoms with Crippen LogP contribution in [0.1, 0.15) is 38.4 Å². The number of ether oxygens (including phenoxy) is 2. The van der Waals surface area contributed by atoms with E-state index in [0.29, 0.717) is 19.1 Å². The summed E-state index contributed by atoms with van der Waals surface area (Å²) in [7, 11) is 0. The van der Waals surface area contributed by atoms with Crippen molar-refractivity contribution in [3.63, 3.8) is 0 Å². The fraction of sp³-hybridized carbons (Fsp3) is 0.611. The molecule has 0 saturated carbocycles. The molecule has 0 N–H and O–H groups in total. The molecule has 0 aliphatic carbocycles. The van der Waals surface area contributed by atoms with Crippen LogP contribution in [0.5, 0.6) is 5.88 Å². The molecule has 5 heteroatoms. The van der Waals surface area contributed by atoms with Crippen LogP contribution in [0.4, 0.5) is 0 Å². The highest BCUT2D eigenvalue weighted by Crippen LogP contribution is 2.30. The molecule has 0 unspecified atom stereocenters. The van der Waals surface area contributed by atoms with Crippen LogP contribution in [0.15, 0.2) is 12.3 Å². The Morgan fingerprint density at radius 1 is 1.22 bits per heavy atom. The van der Waals surface area contributed by atoms with Crippen molar-refractivity contribution in [1.29, 1.82) is 0 Å². The largest absolute Gasteiger partial charge is 0.476 e. The van der Waals surface area contributed by atoms with E-state index in [9.17, 15) is 0 Å². The predicted molar refractivity (Wildman–Crippen MR) is 97.9 cm³/mol. The summed E-state index contributed by atoms with van der Waals surface area (Å²) in [5, 5.41) is 1.23. The van der Waals surface area contributed by atoms with Gasteiger partial charge in [-0.3, -0.25) is 0 Å². The molecule has 0 aliphatic rings. The third kappa shape index (κ3) is 4.61. The van der Waals surface area contributed by atoms with Crippen LogP contribution in [0, 0.1) is 19.8 Å². The maximum Gasteiger partial charge on any atom is 0.238 e. The molecule has 0 saturated heterocycles. The zero-order valence-corrected chi connectivity index (χ0v) is 15.7. The van der Waals surface area contributed by atoms with E-state index in [4.69, 9.17) is 9.47 Å². The number of hydrogen-bond donors (Lipinski definition) is 0. The zero-order valence-electron chi connectivity index (χ0n) is 14.9. The van der Waals surface area contributed by atoms with Gasteiger partial charge in [-0.05, 0) is 44.7 Å². The lowest BCUT2D eigenvalue weighted by molar-refractivity contribution is 0.139. The summed E-state index contributed by atoms with van der Waals surface area (Å²) in [6.45, 7) is 13.7. The van der Waals surface area contributed by atoms with Crippen molar-refractivity contribution in [2.24, 2.45) is 5.92 Å². The average Bonchev–Trinajstić information content (AvgIpc) is 2.73. The van der Waals surface area contributed by atoms with E-state index in [1.807, 2.05) is 13.1 Å². The second-order valence-electron chi connectivity index (χ2n) is 6.10. The Morgan fingerprint density at radius 2 is 1.96 bits per heavy atom. The van der Waals surface area contributed by atoms with Crippen LogP contribution in [-0.4, -0.2) is 29.4 Å². The number of fused-ring (bicyclic) bond motifs is 1. The molecule has 0 aromatic carbocycles. The van der Waals surface area contributed by atoms with Crippen LogP contribution >= 0.6 is 12.4 Å². The molecule has 2 aromatic rings. The minimum Gasteiger partial charge on any atom is -0.476 e. The number of nitrogens with zero attached hydrogens (tertiary/aromatic N) is 2. The molecule has 0 aliphatic heterocycles. The molecule has 4 nitrogen and oxygen atoms in total. The molecule has 23 heavy (non-hydrogen) atoms. The fourth-order valence-corrected chi connectivity index (χ4v) is 2.64. The summed E-state index contributed by atoms with van der Waals surface area (Å²) in [6.07, 6.45) is 2.88. The fourth-order valence-electron chi connectivity index (χ4n) is 2.64. The average molecular weight is 341 g/mol. The van der Waals surface area contributed by atoms with Crippen molar-refractivity contribution in [3.05, 3.63) is 23.5 Å². The summed E-state index contributed by atoms with van der Waals surface area (Å²) in [5.74, 6) is 1.37. The Balaban J connectivity index is 0.00000264. The van der Waals surface area contributed by atoms with Crippen molar-refractivity contribution in [2.45, 2.75) is 47.6 Å². The van der Waals surface area contributed by atoms with Gasteiger partial charge in [-0.25, -0.2) is 4.98 Å². The van der Waals surface area contributed by atoms with Gasteiger partial charge in [-0.15, -0.1) is 12.4 Å². The summed E-state index contributed by atoms with van der Waals surface area (Å²) >= 11 is 0. The van der Waals surface area contributed by atoms with Gasteiger partial charge < -0.3 is 14.0 Å². The van der Waals surface area contributed by atoms with Crippen molar-refractivity contribution in [3.8, 4) is 5.88 Å². The summed E-state index contributed by atoms with van der Waals surface area (Å²) in [6, 6.07) is 2.07. The van der Waals surface area contributed by atoms with E-state index in [2.05, 4.69) is 43.3 Å². The lowest BCUT2D eigenvalue weighted by Gasteiger charge is -2.12. The molecule has 0 bridgehead atoms. The standard InChI is InChI=1S/C18H28N2O2.ClH/c1-6-21-12-10-20-15(5)14(4)16-7-9-19-18(17(16)20)22-11-8-13(2)3;/h7,9,13H,6,8,10-12H2,1-5H3;1H. The first-order valence-corrected chi connectivity index (χ1v) is 8.21. The molecule has 2 rings (SSSR count). The molecule has 130 valence electrons. The second kappa shape index (κ2) is 9.14. The molecule has 0 fully saturated rings. The lowest BCUT2D eigenvalue weighted by Crippen LogP contribution is -2.09. The number of hydrogen-bond acceptors (Lipinski definition) is 3. The number of aryl methyl sites for hydroxylation is 1. The van der Waals surface area contributed by atoms with Gasteiger partial charge in [0.2, 0.25) is 5.88 Å². The number of halogens is 1. The van der Waals surface area contributed by atoms with Crippen LogP contribution in [0.2, 0.25) is 0 Å². The van der Waals surface area contributed by atoms with Gasteiger partial charge in [0.15, 0.2) is 0 Å². The SMILES string of the molecule is CCOCCn1c(C)c(C)c2ccnc(OCCC(C)C)c21.Cl. The number of rotatable bonds is 8. The van der Waals surface area contributed by atoms with Gasteiger partial charge >= 0.3 is 0 Å². The quantitative estimate of drug-likeness (QED) is 0.662. The summed E-state index contributed by atoms with van der Waals surface area (Å²) in [4.78, 5) is 4.46. The van der Waals surface area contributed by atoms with Crippen molar-refractivity contribution in [2.75, 3.05) is 19.8 Å². The molecule has 2 heterocycles. The van der Waals surface area contributed by atoms with Crippen LogP contribution in [-0.2, 0) is 11.3 Å². The predicted octanol–water partition coefficient (Wildman–Crippen LogP) is 4.54. The van der Waals surface area contributed by atoms with E-state index in [1.54, 1.807) is 0 Å². The number of aromatic nitrogens is 2. The van der Waals surface area contributed by atoms with Crippen LogP contribution in [0.3, 0.4) is 0 Å². The number of pyridine rings is 1. The first-order valence-electron chi connectivity index (χ1n) is 8.21. The van der Waals surface area contributed by atoms with Gasteiger partial charge in [0.25, 0.3) is 0 Å². The van der Waals surface area contributed by atoms with Crippen molar-refractivity contribution < 1.29 is 9.47 Å². The van der Waals surface area contributed by atoms with Crippen LogP contribution < -0.4 is 4.74 Å². The normalized spacial score (nSPS) is 11.0. The first kappa shape index (κ1) is 19.8.